The van der Waals surface area contributed by atoms with Crippen molar-refractivity contribution in [2.24, 2.45) is 0 Å². The standard InChI is InChI=1S/C48H29N3S/c49-30-31-19-25-38-37-15-7-8-16-39(37)48(41(38)27-31)40-17-9-10-18-45(40)52-46-26-24-36(28-42(46)48)44-29-43(50-47(51-44)35-13-5-2-6-14-35)34-22-20-33(21-23-34)32-11-3-1-4-12-32/h1-29H. The molecule has 1 aromatic heterocycles. The molecule has 10 rings (SSSR count). The molecule has 0 radical (unpaired) electrons. The van der Waals surface area contributed by atoms with Crippen LogP contribution in [0, 0.1) is 11.3 Å². The van der Waals surface area contributed by atoms with Crippen molar-refractivity contribution in [1.82, 2.24) is 9.97 Å². The van der Waals surface area contributed by atoms with Gasteiger partial charge < -0.3 is 0 Å². The topological polar surface area (TPSA) is 49.6 Å². The molecule has 1 atom stereocenters. The Morgan fingerprint density at radius 3 is 1.77 bits per heavy atom. The van der Waals surface area contributed by atoms with E-state index in [-0.39, 0.29) is 0 Å². The van der Waals surface area contributed by atoms with Gasteiger partial charge in [0.25, 0.3) is 0 Å². The average Bonchev–Trinajstić information content (AvgIpc) is 3.51. The molecule has 4 heteroatoms. The summed E-state index contributed by atoms with van der Waals surface area (Å²) in [6, 6.07) is 64.2. The normalized spacial score (nSPS) is 14.9. The fourth-order valence-electron chi connectivity index (χ4n) is 8.05. The minimum Gasteiger partial charge on any atom is -0.228 e. The van der Waals surface area contributed by atoms with Crippen LogP contribution in [0.5, 0.6) is 0 Å². The van der Waals surface area contributed by atoms with Gasteiger partial charge in [-0.1, -0.05) is 151 Å². The first-order valence-electron chi connectivity index (χ1n) is 17.4. The lowest BCUT2D eigenvalue weighted by Crippen LogP contribution is -2.32. The lowest BCUT2D eigenvalue weighted by Gasteiger charge is -2.40. The third-order valence-corrected chi connectivity index (χ3v) is 11.6. The Hall–Kier alpha value is -6.54. The summed E-state index contributed by atoms with van der Waals surface area (Å²) >= 11 is 1.81. The minimum absolute atomic E-state index is 0.600. The highest BCUT2D eigenvalue weighted by molar-refractivity contribution is 7.99. The van der Waals surface area contributed by atoms with Crippen molar-refractivity contribution >= 4 is 11.8 Å². The van der Waals surface area contributed by atoms with Crippen molar-refractivity contribution in [2.45, 2.75) is 15.2 Å². The largest absolute Gasteiger partial charge is 0.228 e. The first kappa shape index (κ1) is 30.3. The molecule has 242 valence electrons. The van der Waals surface area contributed by atoms with E-state index < -0.39 is 5.41 Å². The Bertz CT molecular complexity index is 2710. The fraction of sp³-hybridized carbons (Fsp3) is 0.0208. The molecule has 0 N–H and O–H groups in total. The highest BCUT2D eigenvalue weighted by Gasteiger charge is 2.50. The zero-order valence-corrected chi connectivity index (χ0v) is 28.8. The number of aromatic nitrogens is 2. The molecule has 8 aromatic rings. The minimum atomic E-state index is -0.600. The van der Waals surface area contributed by atoms with E-state index in [0.717, 1.165) is 39.2 Å². The number of fused-ring (bicyclic) bond motifs is 9. The Balaban J connectivity index is 1.20. The van der Waals surface area contributed by atoms with Crippen molar-refractivity contribution in [3.8, 4) is 62.2 Å². The average molecular weight is 680 g/mol. The van der Waals surface area contributed by atoms with Gasteiger partial charge >= 0.3 is 0 Å². The van der Waals surface area contributed by atoms with Crippen LogP contribution in [0.2, 0.25) is 0 Å². The number of nitriles is 1. The van der Waals surface area contributed by atoms with Crippen molar-refractivity contribution < 1.29 is 0 Å². The molecular weight excluding hydrogens is 651 g/mol. The van der Waals surface area contributed by atoms with Gasteiger partial charge in [-0.25, -0.2) is 9.97 Å². The molecular formula is C48H29N3S. The van der Waals surface area contributed by atoms with Crippen molar-refractivity contribution in [3.05, 3.63) is 204 Å². The van der Waals surface area contributed by atoms with E-state index in [1.807, 2.05) is 42.1 Å². The van der Waals surface area contributed by atoms with E-state index in [2.05, 4.69) is 152 Å². The summed E-state index contributed by atoms with van der Waals surface area (Å²) in [5.41, 5.74) is 14.3. The van der Waals surface area contributed by atoms with Gasteiger partial charge in [-0.05, 0) is 80.9 Å². The first-order valence-corrected chi connectivity index (χ1v) is 18.2. The van der Waals surface area contributed by atoms with Gasteiger partial charge in [0.15, 0.2) is 5.82 Å². The number of benzene rings is 7. The molecule has 0 saturated heterocycles. The van der Waals surface area contributed by atoms with Crippen LogP contribution in [0.25, 0.3) is 56.2 Å². The fourth-order valence-corrected chi connectivity index (χ4v) is 9.23. The summed E-state index contributed by atoms with van der Waals surface area (Å²) in [5, 5.41) is 10.1. The van der Waals surface area contributed by atoms with Crippen LogP contribution >= 0.6 is 11.8 Å². The van der Waals surface area contributed by atoms with Gasteiger partial charge in [-0.2, -0.15) is 5.26 Å². The molecule has 0 fully saturated rings. The van der Waals surface area contributed by atoms with Gasteiger partial charge in [0.2, 0.25) is 0 Å². The van der Waals surface area contributed by atoms with Gasteiger partial charge in [0.05, 0.1) is 28.4 Å². The monoisotopic (exact) mass is 679 g/mol. The molecule has 7 aromatic carbocycles. The van der Waals surface area contributed by atoms with E-state index in [1.54, 1.807) is 0 Å². The maximum Gasteiger partial charge on any atom is 0.160 e. The Morgan fingerprint density at radius 2 is 1.00 bits per heavy atom. The molecule has 2 aliphatic rings. The quantitative estimate of drug-likeness (QED) is 0.186. The highest BCUT2D eigenvalue weighted by atomic mass is 32.2. The predicted octanol–water partition coefficient (Wildman–Crippen LogP) is 11.8. The van der Waals surface area contributed by atoms with Gasteiger partial charge in [-0.3, -0.25) is 0 Å². The smallest absolute Gasteiger partial charge is 0.160 e. The molecule has 3 nitrogen and oxygen atoms in total. The third kappa shape index (κ3) is 4.67. The second-order valence-electron chi connectivity index (χ2n) is 13.2. The van der Waals surface area contributed by atoms with Crippen molar-refractivity contribution in [1.29, 1.82) is 5.26 Å². The van der Waals surface area contributed by atoms with Crippen LogP contribution in [-0.4, -0.2) is 9.97 Å². The second-order valence-corrected chi connectivity index (χ2v) is 14.3. The van der Waals surface area contributed by atoms with E-state index >= 15 is 0 Å². The second kappa shape index (κ2) is 12.1. The zero-order valence-electron chi connectivity index (χ0n) is 28.0. The van der Waals surface area contributed by atoms with Gasteiger partial charge in [0.1, 0.15) is 0 Å². The molecule has 2 heterocycles. The maximum absolute atomic E-state index is 10.1. The molecule has 0 saturated carbocycles. The summed E-state index contributed by atoms with van der Waals surface area (Å²) in [6.07, 6.45) is 0. The van der Waals surface area contributed by atoms with E-state index in [0.29, 0.717) is 11.4 Å². The lowest BCUT2D eigenvalue weighted by atomic mass is 9.67. The summed E-state index contributed by atoms with van der Waals surface area (Å²) in [6.45, 7) is 0. The summed E-state index contributed by atoms with van der Waals surface area (Å²) in [5.74, 6) is 0.683. The zero-order chi connectivity index (χ0) is 34.6. The highest BCUT2D eigenvalue weighted by Crippen LogP contribution is 2.62. The molecule has 0 bridgehead atoms. The molecule has 1 aliphatic heterocycles. The van der Waals surface area contributed by atoms with Crippen LogP contribution in [0.15, 0.2) is 186 Å². The van der Waals surface area contributed by atoms with Crippen LogP contribution in [0.4, 0.5) is 0 Å². The van der Waals surface area contributed by atoms with Crippen molar-refractivity contribution in [3.63, 3.8) is 0 Å². The van der Waals surface area contributed by atoms with Crippen LogP contribution < -0.4 is 0 Å². The van der Waals surface area contributed by atoms with E-state index in [4.69, 9.17) is 9.97 Å². The van der Waals surface area contributed by atoms with Crippen LogP contribution in [0.3, 0.4) is 0 Å². The first-order chi connectivity index (χ1) is 25.7. The summed E-state index contributed by atoms with van der Waals surface area (Å²) in [7, 11) is 0. The Labute approximate surface area is 307 Å². The molecule has 0 amide bonds. The lowest BCUT2D eigenvalue weighted by molar-refractivity contribution is 0.722. The third-order valence-electron chi connectivity index (χ3n) is 10.4. The van der Waals surface area contributed by atoms with Gasteiger partial charge in [0, 0.05) is 26.5 Å². The summed E-state index contributed by atoms with van der Waals surface area (Å²) in [4.78, 5) is 12.8. The van der Waals surface area contributed by atoms with E-state index in [9.17, 15) is 5.26 Å². The Morgan fingerprint density at radius 1 is 0.423 bits per heavy atom. The number of hydrogen-bond acceptors (Lipinski definition) is 4. The van der Waals surface area contributed by atoms with Gasteiger partial charge in [-0.15, -0.1) is 0 Å². The number of nitrogens with zero attached hydrogens (tertiary/aromatic N) is 3. The SMILES string of the molecule is N#Cc1ccc2c(c1)C1(c3ccccc3Sc3ccc(-c4cc(-c5ccc(-c6ccccc6)cc5)nc(-c5ccccc5)n4)cc31)c1ccccc1-2. The predicted molar refractivity (Wildman–Crippen MR) is 210 cm³/mol. The number of rotatable bonds is 4. The maximum atomic E-state index is 10.1. The number of hydrogen-bond donors (Lipinski definition) is 0. The van der Waals surface area contributed by atoms with Crippen LogP contribution in [-0.2, 0) is 5.41 Å². The van der Waals surface area contributed by atoms with Crippen molar-refractivity contribution in [2.75, 3.05) is 0 Å². The molecule has 1 unspecified atom stereocenters. The molecule has 1 spiro atoms. The molecule has 1 aliphatic carbocycles. The summed E-state index contributed by atoms with van der Waals surface area (Å²) < 4.78 is 0. The molecule has 52 heavy (non-hydrogen) atoms. The van der Waals surface area contributed by atoms with E-state index in [1.165, 1.54) is 43.2 Å². The Kier molecular flexibility index (Phi) is 7.02. The van der Waals surface area contributed by atoms with Crippen LogP contribution in [0.1, 0.15) is 27.8 Å².